The molecule has 0 fully saturated rings. The van der Waals surface area contributed by atoms with Gasteiger partial charge in [-0.25, -0.2) is 0 Å². The van der Waals surface area contributed by atoms with Crippen LogP contribution in [0.4, 0.5) is 0 Å². The summed E-state index contributed by atoms with van der Waals surface area (Å²) < 4.78 is 0. The van der Waals surface area contributed by atoms with Crippen LogP contribution >= 0.6 is 11.8 Å². The van der Waals surface area contributed by atoms with Gasteiger partial charge in [0, 0.05) is 5.75 Å². The van der Waals surface area contributed by atoms with Gasteiger partial charge in [0.25, 0.3) is 0 Å². The van der Waals surface area contributed by atoms with Crippen molar-refractivity contribution in [3.63, 3.8) is 0 Å². The molecule has 3 heteroatoms. The van der Waals surface area contributed by atoms with Gasteiger partial charge in [-0.15, -0.1) is 0 Å². The minimum Gasteiger partial charge on any atom is -0.300 e. The first-order valence-corrected chi connectivity index (χ1v) is 8.54. The zero-order valence-electron chi connectivity index (χ0n) is 12.9. The predicted molar refractivity (Wildman–Crippen MR) is 88.9 cm³/mol. The van der Waals surface area contributed by atoms with Crippen molar-refractivity contribution in [1.29, 1.82) is 5.26 Å². The number of nitrogens with one attached hydrogen (secondary N) is 1. The van der Waals surface area contributed by atoms with Crippen molar-refractivity contribution >= 4 is 11.8 Å². The van der Waals surface area contributed by atoms with Crippen LogP contribution in [-0.4, -0.2) is 17.8 Å². The molecule has 1 aromatic carbocycles. The zero-order valence-corrected chi connectivity index (χ0v) is 13.7. The van der Waals surface area contributed by atoms with Gasteiger partial charge in [0.1, 0.15) is 5.54 Å². The quantitative estimate of drug-likeness (QED) is 0.689. The number of nitriles is 1. The van der Waals surface area contributed by atoms with Crippen molar-refractivity contribution in [2.75, 3.05) is 12.3 Å². The van der Waals surface area contributed by atoms with Gasteiger partial charge in [-0.1, -0.05) is 36.8 Å². The molecule has 0 bridgehead atoms. The third-order valence-electron chi connectivity index (χ3n) is 3.38. The Morgan fingerprint density at radius 2 is 2.15 bits per heavy atom. The molecule has 1 unspecified atom stereocenters. The van der Waals surface area contributed by atoms with E-state index in [-0.39, 0.29) is 5.54 Å². The van der Waals surface area contributed by atoms with Crippen LogP contribution in [0, 0.1) is 18.3 Å². The number of hydrogen-bond acceptors (Lipinski definition) is 3. The van der Waals surface area contributed by atoms with Gasteiger partial charge >= 0.3 is 0 Å². The Bertz CT molecular complexity index is 439. The van der Waals surface area contributed by atoms with E-state index in [1.54, 1.807) is 0 Å². The van der Waals surface area contributed by atoms with Gasteiger partial charge in [-0.3, -0.25) is 5.32 Å². The van der Waals surface area contributed by atoms with Crippen molar-refractivity contribution in [2.24, 2.45) is 0 Å². The molecule has 0 saturated carbocycles. The number of unbranched alkanes of at least 4 members (excludes halogenated alkanes) is 1. The van der Waals surface area contributed by atoms with E-state index in [1.807, 2.05) is 25.6 Å². The highest BCUT2D eigenvalue weighted by Crippen LogP contribution is 2.18. The topological polar surface area (TPSA) is 35.8 Å². The second kappa shape index (κ2) is 9.05. The average molecular weight is 290 g/mol. The lowest BCUT2D eigenvalue weighted by atomic mass is 9.97. The summed E-state index contributed by atoms with van der Waals surface area (Å²) in [6, 6.07) is 11.1. The Balaban J connectivity index is 2.15. The van der Waals surface area contributed by atoms with E-state index >= 15 is 0 Å². The molecule has 0 aliphatic rings. The predicted octanol–water partition coefficient (Wildman–Crippen LogP) is 4.29. The number of nitrogens with zero attached hydrogens (tertiary/aromatic N) is 1. The average Bonchev–Trinajstić information content (AvgIpc) is 2.43. The highest BCUT2D eigenvalue weighted by molar-refractivity contribution is 7.98. The van der Waals surface area contributed by atoms with Crippen LogP contribution in [-0.2, 0) is 5.75 Å². The molecule has 0 radical (unpaired) electrons. The Morgan fingerprint density at radius 3 is 2.80 bits per heavy atom. The fourth-order valence-electron chi connectivity index (χ4n) is 2.25. The molecule has 0 aliphatic carbocycles. The first kappa shape index (κ1) is 17.1. The SMILES string of the molecule is CCNC(C)(C#N)CCCCSCc1cccc(C)c1. The van der Waals surface area contributed by atoms with Crippen LogP contribution in [0.3, 0.4) is 0 Å². The molecule has 1 N–H and O–H groups in total. The summed E-state index contributed by atoms with van der Waals surface area (Å²) in [5.41, 5.74) is 2.39. The van der Waals surface area contributed by atoms with Crippen LogP contribution in [0.1, 0.15) is 44.2 Å². The van der Waals surface area contributed by atoms with Gasteiger partial charge in [0.05, 0.1) is 6.07 Å². The van der Waals surface area contributed by atoms with Crippen LogP contribution in [0.2, 0.25) is 0 Å². The molecular weight excluding hydrogens is 264 g/mol. The van der Waals surface area contributed by atoms with Crippen molar-refractivity contribution in [1.82, 2.24) is 5.32 Å². The molecular formula is C17H26N2S. The minimum atomic E-state index is -0.351. The molecule has 1 atom stereocenters. The maximum Gasteiger partial charge on any atom is 0.103 e. The summed E-state index contributed by atoms with van der Waals surface area (Å²) in [6.45, 7) is 7.04. The molecule has 0 saturated heterocycles. The number of aryl methyl sites for hydroxylation is 1. The Labute approximate surface area is 128 Å². The number of hydrogen-bond donors (Lipinski definition) is 1. The fraction of sp³-hybridized carbons (Fsp3) is 0.588. The first-order chi connectivity index (χ1) is 9.59. The third-order valence-corrected chi connectivity index (χ3v) is 4.50. The van der Waals surface area contributed by atoms with E-state index in [2.05, 4.69) is 42.6 Å². The van der Waals surface area contributed by atoms with E-state index in [1.165, 1.54) is 23.3 Å². The third kappa shape index (κ3) is 6.45. The second-order valence-corrected chi connectivity index (χ2v) is 6.58. The van der Waals surface area contributed by atoms with E-state index in [0.717, 1.165) is 25.1 Å². The molecule has 0 spiro atoms. The molecule has 1 rings (SSSR count). The molecule has 2 nitrogen and oxygen atoms in total. The van der Waals surface area contributed by atoms with Crippen LogP contribution in [0.5, 0.6) is 0 Å². The Kier molecular flexibility index (Phi) is 7.72. The number of benzene rings is 1. The maximum absolute atomic E-state index is 9.18. The molecule has 0 heterocycles. The van der Waals surface area contributed by atoms with Crippen molar-refractivity contribution in [3.05, 3.63) is 35.4 Å². The van der Waals surface area contributed by atoms with Gasteiger partial charge < -0.3 is 0 Å². The number of thioether (sulfide) groups is 1. The Hall–Kier alpha value is -0.980. The molecule has 110 valence electrons. The molecule has 0 aromatic heterocycles. The summed E-state index contributed by atoms with van der Waals surface area (Å²) in [6.07, 6.45) is 3.22. The molecule has 1 aromatic rings. The van der Waals surface area contributed by atoms with Crippen LogP contribution in [0.25, 0.3) is 0 Å². The highest BCUT2D eigenvalue weighted by atomic mass is 32.2. The largest absolute Gasteiger partial charge is 0.300 e. The standard InChI is InChI=1S/C17H26N2S/c1-4-19-17(3,14-18)10-5-6-11-20-13-16-9-7-8-15(2)12-16/h7-9,12,19H,4-6,10-11,13H2,1-3H3. The molecule has 0 amide bonds. The Morgan fingerprint density at radius 1 is 1.35 bits per heavy atom. The fourth-order valence-corrected chi connectivity index (χ4v) is 3.22. The first-order valence-electron chi connectivity index (χ1n) is 7.39. The van der Waals surface area contributed by atoms with E-state index in [0.29, 0.717) is 0 Å². The van der Waals surface area contributed by atoms with E-state index in [9.17, 15) is 5.26 Å². The van der Waals surface area contributed by atoms with Crippen molar-refractivity contribution in [2.45, 2.75) is 51.3 Å². The van der Waals surface area contributed by atoms with Crippen LogP contribution < -0.4 is 5.32 Å². The lowest BCUT2D eigenvalue weighted by Gasteiger charge is -2.22. The smallest absolute Gasteiger partial charge is 0.103 e. The normalized spacial score (nSPS) is 13.7. The maximum atomic E-state index is 9.18. The summed E-state index contributed by atoms with van der Waals surface area (Å²) in [5.74, 6) is 2.26. The van der Waals surface area contributed by atoms with Gasteiger partial charge in [-0.2, -0.15) is 17.0 Å². The van der Waals surface area contributed by atoms with Crippen molar-refractivity contribution in [3.8, 4) is 6.07 Å². The lowest BCUT2D eigenvalue weighted by molar-refractivity contribution is 0.415. The summed E-state index contributed by atoms with van der Waals surface area (Å²) in [5, 5.41) is 12.4. The molecule has 0 aliphatic heterocycles. The van der Waals surface area contributed by atoms with Gasteiger partial charge in [0.15, 0.2) is 0 Å². The summed E-state index contributed by atoms with van der Waals surface area (Å²) in [7, 11) is 0. The van der Waals surface area contributed by atoms with E-state index < -0.39 is 0 Å². The molecule has 20 heavy (non-hydrogen) atoms. The van der Waals surface area contributed by atoms with Crippen LogP contribution in [0.15, 0.2) is 24.3 Å². The summed E-state index contributed by atoms with van der Waals surface area (Å²) >= 11 is 1.98. The monoisotopic (exact) mass is 290 g/mol. The van der Waals surface area contributed by atoms with E-state index in [4.69, 9.17) is 0 Å². The van der Waals surface area contributed by atoms with Gasteiger partial charge in [-0.05, 0) is 51.0 Å². The lowest BCUT2D eigenvalue weighted by Crippen LogP contribution is -2.40. The summed E-state index contributed by atoms with van der Waals surface area (Å²) in [4.78, 5) is 0. The van der Waals surface area contributed by atoms with Crippen molar-refractivity contribution < 1.29 is 0 Å². The number of rotatable bonds is 9. The van der Waals surface area contributed by atoms with Gasteiger partial charge in [0.2, 0.25) is 0 Å². The minimum absolute atomic E-state index is 0.351. The zero-order chi connectivity index (χ0) is 14.8. The second-order valence-electron chi connectivity index (χ2n) is 5.47. The highest BCUT2D eigenvalue weighted by Gasteiger charge is 2.20.